The van der Waals surface area contributed by atoms with Gasteiger partial charge in [0.1, 0.15) is 0 Å². The second kappa shape index (κ2) is 8.02. The Morgan fingerprint density at radius 3 is 2.84 bits per heavy atom. The molecule has 0 heterocycles. The first-order valence-corrected chi connectivity index (χ1v) is 6.79. The van der Waals surface area contributed by atoms with Crippen LogP contribution in [0.15, 0.2) is 18.2 Å². The lowest BCUT2D eigenvalue weighted by Crippen LogP contribution is -2.26. The standard InChI is InChI=1S/C14H21ClN2O2/c1-10(2)9-19-7-3-6-17-14(18)12-5-4-11(15)8-13(12)16/h4-5,8,10H,3,6-7,9,16H2,1-2H3,(H,17,18). The van der Waals surface area contributed by atoms with Gasteiger partial charge in [0.25, 0.3) is 5.91 Å². The number of rotatable bonds is 7. The lowest BCUT2D eigenvalue weighted by Gasteiger charge is -2.09. The van der Waals surface area contributed by atoms with Gasteiger partial charge in [0.15, 0.2) is 0 Å². The van der Waals surface area contributed by atoms with E-state index in [1.807, 2.05) is 0 Å². The second-order valence-corrected chi connectivity index (χ2v) is 5.25. The van der Waals surface area contributed by atoms with E-state index in [0.29, 0.717) is 35.3 Å². The maximum Gasteiger partial charge on any atom is 0.253 e. The quantitative estimate of drug-likeness (QED) is 0.598. The van der Waals surface area contributed by atoms with Crippen LogP contribution in [0, 0.1) is 5.92 Å². The molecule has 19 heavy (non-hydrogen) atoms. The largest absolute Gasteiger partial charge is 0.398 e. The molecule has 4 nitrogen and oxygen atoms in total. The van der Waals surface area contributed by atoms with Crippen LogP contribution in [0.3, 0.4) is 0 Å². The number of halogens is 1. The highest BCUT2D eigenvalue weighted by molar-refractivity contribution is 6.31. The van der Waals surface area contributed by atoms with Gasteiger partial charge in [-0.05, 0) is 30.5 Å². The monoisotopic (exact) mass is 284 g/mol. The summed E-state index contributed by atoms with van der Waals surface area (Å²) in [4.78, 5) is 11.8. The number of carbonyl (C=O) groups excluding carboxylic acids is 1. The molecule has 0 spiro atoms. The predicted molar refractivity (Wildman–Crippen MR) is 78.5 cm³/mol. The van der Waals surface area contributed by atoms with Gasteiger partial charge in [-0.1, -0.05) is 25.4 Å². The summed E-state index contributed by atoms with van der Waals surface area (Å²) in [5.74, 6) is 0.349. The number of amides is 1. The van der Waals surface area contributed by atoms with Crippen LogP contribution < -0.4 is 11.1 Å². The predicted octanol–water partition coefficient (Wildman–Crippen LogP) is 2.71. The summed E-state index contributed by atoms with van der Waals surface area (Å²) < 4.78 is 5.43. The van der Waals surface area contributed by atoms with Crippen molar-refractivity contribution in [3.63, 3.8) is 0 Å². The van der Waals surface area contributed by atoms with Crippen LogP contribution in [0.2, 0.25) is 5.02 Å². The van der Waals surface area contributed by atoms with E-state index in [0.717, 1.165) is 13.0 Å². The molecule has 0 saturated heterocycles. The summed E-state index contributed by atoms with van der Waals surface area (Å²) in [6.45, 7) is 6.17. The van der Waals surface area contributed by atoms with E-state index in [1.165, 1.54) is 0 Å². The van der Waals surface area contributed by atoms with Crippen LogP contribution in [0.5, 0.6) is 0 Å². The third kappa shape index (κ3) is 5.94. The zero-order valence-corrected chi connectivity index (χ0v) is 12.2. The summed E-state index contributed by atoms with van der Waals surface area (Å²) in [6, 6.07) is 4.85. The average Bonchev–Trinajstić information content (AvgIpc) is 2.32. The minimum Gasteiger partial charge on any atom is -0.398 e. The fraction of sp³-hybridized carbons (Fsp3) is 0.500. The van der Waals surface area contributed by atoms with Gasteiger partial charge in [-0.25, -0.2) is 0 Å². The zero-order chi connectivity index (χ0) is 14.3. The Labute approximate surface area is 119 Å². The topological polar surface area (TPSA) is 64.3 Å². The van der Waals surface area contributed by atoms with E-state index in [2.05, 4.69) is 19.2 Å². The summed E-state index contributed by atoms with van der Waals surface area (Å²) >= 11 is 5.78. The molecule has 0 fully saturated rings. The molecule has 1 amide bonds. The van der Waals surface area contributed by atoms with Crippen molar-refractivity contribution in [1.82, 2.24) is 5.32 Å². The maximum atomic E-state index is 11.8. The highest BCUT2D eigenvalue weighted by Gasteiger charge is 2.08. The number of benzene rings is 1. The lowest BCUT2D eigenvalue weighted by atomic mass is 10.1. The Morgan fingerprint density at radius 2 is 2.21 bits per heavy atom. The highest BCUT2D eigenvalue weighted by atomic mass is 35.5. The highest BCUT2D eigenvalue weighted by Crippen LogP contribution is 2.17. The Hall–Kier alpha value is -1.26. The van der Waals surface area contributed by atoms with Crippen LogP contribution >= 0.6 is 11.6 Å². The van der Waals surface area contributed by atoms with E-state index in [9.17, 15) is 4.79 Å². The number of anilines is 1. The number of ether oxygens (including phenoxy) is 1. The van der Waals surface area contributed by atoms with Gasteiger partial charge in [-0.15, -0.1) is 0 Å². The molecule has 1 aromatic rings. The SMILES string of the molecule is CC(C)COCCCNC(=O)c1ccc(Cl)cc1N. The minimum absolute atomic E-state index is 0.182. The average molecular weight is 285 g/mol. The molecule has 0 aliphatic rings. The van der Waals surface area contributed by atoms with E-state index in [1.54, 1.807) is 18.2 Å². The van der Waals surface area contributed by atoms with Gasteiger partial charge in [-0.2, -0.15) is 0 Å². The van der Waals surface area contributed by atoms with Crippen LogP contribution in [0.1, 0.15) is 30.6 Å². The van der Waals surface area contributed by atoms with Crippen LogP contribution in [-0.2, 0) is 4.74 Å². The van der Waals surface area contributed by atoms with Crippen molar-refractivity contribution in [3.8, 4) is 0 Å². The van der Waals surface area contributed by atoms with Crippen LogP contribution in [-0.4, -0.2) is 25.7 Å². The van der Waals surface area contributed by atoms with Gasteiger partial charge in [0.2, 0.25) is 0 Å². The smallest absolute Gasteiger partial charge is 0.253 e. The summed E-state index contributed by atoms with van der Waals surface area (Å²) in [7, 11) is 0. The first kappa shape index (κ1) is 15.8. The molecule has 0 aliphatic carbocycles. The third-order valence-electron chi connectivity index (χ3n) is 2.46. The van der Waals surface area contributed by atoms with Crippen molar-refractivity contribution in [2.75, 3.05) is 25.5 Å². The van der Waals surface area contributed by atoms with Gasteiger partial charge >= 0.3 is 0 Å². The summed E-state index contributed by atoms with van der Waals surface area (Å²) in [5, 5.41) is 3.33. The molecular weight excluding hydrogens is 264 g/mol. The lowest BCUT2D eigenvalue weighted by molar-refractivity contribution is 0.0926. The van der Waals surface area contributed by atoms with Crippen molar-refractivity contribution in [3.05, 3.63) is 28.8 Å². The number of carbonyl (C=O) groups is 1. The van der Waals surface area contributed by atoms with E-state index in [-0.39, 0.29) is 5.91 Å². The van der Waals surface area contributed by atoms with Gasteiger partial charge in [0, 0.05) is 30.5 Å². The molecule has 0 aromatic heterocycles. The molecule has 0 bridgehead atoms. The molecule has 1 rings (SSSR count). The van der Waals surface area contributed by atoms with E-state index in [4.69, 9.17) is 22.1 Å². The normalized spacial score (nSPS) is 10.7. The number of nitrogens with two attached hydrogens (primary N) is 1. The zero-order valence-electron chi connectivity index (χ0n) is 11.4. The first-order chi connectivity index (χ1) is 9.00. The second-order valence-electron chi connectivity index (χ2n) is 4.81. The molecule has 5 heteroatoms. The molecular formula is C14H21ClN2O2. The van der Waals surface area contributed by atoms with E-state index < -0.39 is 0 Å². The van der Waals surface area contributed by atoms with Gasteiger partial charge < -0.3 is 15.8 Å². The minimum atomic E-state index is -0.182. The van der Waals surface area contributed by atoms with E-state index >= 15 is 0 Å². The number of hydrogen-bond donors (Lipinski definition) is 2. The van der Waals surface area contributed by atoms with Crippen molar-refractivity contribution in [2.24, 2.45) is 5.92 Å². The third-order valence-corrected chi connectivity index (χ3v) is 2.70. The molecule has 1 aromatic carbocycles. The fourth-order valence-corrected chi connectivity index (χ4v) is 1.71. The maximum absolute atomic E-state index is 11.8. The summed E-state index contributed by atoms with van der Waals surface area (Å²) in [5.41, 5.74) is 6.58. The fourth-order valence-electron chi connectivity index (χ4n) is 1.53. The number of hydrogen-bond acceptors (Lipinski definition) is 3. The van der Waals surface area contributed by atoms with Gasteiger partial charge in [-0.3, -0.25) is 4.79 Å². The first-order valence-electron chi connectivity index (χ1n) is 6.41. The Balaban J connectivity index is 2.28. The Kier molecular flexibility index (Phi) is 6.67. The van der Waals surface area contributed by atoms with Crippen molar-refractivity contribution in [1.29, 1.82) is 0 Å². The van der Waals surface area contributed by atoms with Crippen molar-refractivity contribution in [2.45, 2.75) is 20.3 Å². The summed E-state index contributed by atoms with van der Waals surface area (Å²) in [6.07, 6.45) is 0.784. The molecule has 0 radical (unpaired) electrons. The molecule has 0 atom stereocenters. The van der Waals surface area contributed by atoms with Crippen molar-refractivity contribution < 1.29 is 9.53 Å². The van der Waals surface area contributed by atoms with Crippen LogP contribution in [0.25, 0.3) is 0 Å². The Bertz CT molecular complexity index is 422. The molecule has 3 N–H and O–H groups in total. The molecule has 0 unspecified atom stereocenters. The molecule has 106 valence electrons. The van der Waals surface area contributed by atoms with Gasteiger partial charge in [0.05, 0.1) is 5.56 Å². The number of nitrogen functional groups attached to an aromatic ring is 1. The van der Waals surface area contributed by atoms with Crippen molar-refractivity contribution >= 4 is 23.2 Å². The van der Waals surface area contributed by atoms with Crippen LogP contribution in [0.4, 0.5) is 5.69 Å². The molecule has 0 saturated carbocycles. The number of nitrogens with one attached hydrogen (secondary N) is 1. The Morgan fingerprint density at radius 1 is 1.47 bits per heavy atom. The molecule has 0 aliphatic heterocycles.